The largest absolute Gasteiger partial charge is 0.301 e. The van der Waals surface area contributed by atoms with Crippen LogP contribution >= 0.6 is 11.3 Å². The van der Waals surface area contributed by atoms with Crippen molar-refractivity contribution in [1.82, 2.24) is 19.7 Å². The molecule has 0 spiro atoms. The zero-order valence-electron chi connectivity index (χ0n) is 16.4. The molecule has 148 valence electrons. The lowest BCUT2D eigenvalue weighted by Gasteiger charge is -2.12. The van der Waals surface area contributed by atoms with Crippen molar-refractivity contribution in [3.05, 3.63) is 46.0 Å². The molecule has 0 aliphatic rings. The van der Waals surface area contributed by atoms with E-state index in [0.29, 0.717) is 29.0 Å². The number of benzene rings is 1. The summed E-state index contributed by atoms with van der Waals surface area (Å²) in [6.45, 7) is 6.80. The smallest absolute Gasteiger partial charge is 0.261 e. The molecule has 0 fully saturated rings. The summed E-state index contributed by atoms with van der Waals surface area (Å²) in [7, 11) is 0. The molecule has 0 unspecified atom stereocenters. The Kier molecular flexibility index (Phi) is 6.18. The Balaban J connectivity index is 1.42. The van der Waals surface area contributed by atoms with Gasteiger partial charge in [-0.05, 0) is 25.0 Å². The molecule has 0 saturated heterocycles. The van der Waals surface area contributed by atoms with E-state index in [1.54, 1.807) is 17.0 Å². The maximum Gasteiger partial charge on any atom is 0.261 e. The quantitative estimate of drug-likeness (QED) is 0.611. The van der Waals surface area contributed by atoms with Gasteiger partial charge in [-0.2, -0.15) is 0 Å². The number of unbranched alkanes of at least 4 members (excludes halogenated alkanes) is 2. The summed E-state index contributed by atoms with van der Waals surface area (Å²) in [5, 5.41) is 13.1. The Morgan fingerprint density at radius 1 is 1.14 bits per heavy atom. The molecule has 2 heterocycles. The maximum absolute atomic E-state index is 12.4. The molecule has 2 aromatic heterocycles. The Labute approximate surface area is 167 Å². The molecule has 28 heavy (non-hydrogen) atoms. The van der Waals surface area contributed by atoms with Gasteiger partial charge >= 0.3 is 0 Å². The first kappa shape index (κ1) is 20.1. The van der Waals surface area contributed by atoms with Crippen LogP contribution in [0.4, 0.5) is 5.13 Å². The fourth-order valence-corrected chi connectivity index (χ4v) is 3.59. The van der Waals surface area contributed by atoms with Crippen LogP contribution in [0.3, 0.4) is 0 Å². The Morgan fingerprint density at radius 3 is 2.68 bits per heavy atom. The standard InChI is InChI=1S/C20H25N5O2S/c1-20(2,3)18-23-24-19(28-18)22-16(26)11-5-4-8-12-25-13-21-15-10-7-6-9-14(15)17(25)27/h6-7,9-10,13H,4-5,8,11-12H2,1-3H3,(H,22,24,26). The molecule has 0 atom stereocenters. The number of rotatable bonds is 7. The van der Waals surface area contributed by atoms with E-state index in [-0.39, 0.29) is 16.9 Å². The average molecular weight is 400 g/mol. The molecule has 0 aliphatic carbocycles. The lowest BCUT2D eigenvalue weighted by Crippen LogP contribution is -2.20. The van der Waals surface area contributed by atoms with Gasteiger partial charge in [-0.1, -0.05) is 50.7 Å². The van der Waals surface area contributed by atoms with Crippen molar-refractivity contribution >= 4 is 33.3 Å². The number of carbonyl (C=O) groups excluding carboxylic acids is 1. The number of para-hydroxylation sites is 1. The van der Waals surface area contributed by atoms with Crippen molar-refractivity contribution in [2.24, 2.45) is 0 Å². The van der Waals surface area contributed by atoms with Crippen LogP contribution in [0.2, 0.25) is 0 Å². The average Bonchev–Trinajstić information content (AvgIpc) is 3.12. The topological polar surface area (TPSA) is 89.8 Å². The first-order valence-corrected chi connectivity index (χ1v) is 10.2. The van der Waals surface area contributed by atoms with Gasteiger partial charge in [0.2, 0.25) is 11.0 Å². The first-order valence-electron chi connectivity index (χ1n) is 9.42. The van der Waals surface area contributed by atoms with Gasteiger partial charge in [-0.15, -0.1) is 10.2 Å². The number of carbonyl (C=O) groups is 1. The molecule has 1 amide bonds. The van der Waals surface area contributed by atoms with Crippen LogP contribution < -0.4 is 10.9 Å². The summed E-state index contributed by atoms with van der Waals surface area (Å²) >= 11 is 1.41. The number of anilines is 1. The van der Waals surface area contributed by atoms with Gasteiger partial charge in [0.05, 0.1) is 17.2 Å². The second kappa shape index (κ2) is 8.60. The third-order valence-electron chi connectivity index (χ3n) is 4.35. The summed E-state index contributed by atoms with van der Waals surface area (Å²) < 4.78 is 1.64. The fourth-order valence-electron chi connectivity index (χ4n) is 2.77. The Morgan fingerprint density at radius 2 is 1.93 bits per heavy atom. The summed E-state index contributed by atoms with van der Waals surface area (Å²) in [4.78, 5) is 28.8. The monoisotopic (exact) mass is 399 g/mol. The van der Waals surface area contributed by atoms with Gasteiger partial charge in [0.25, 0.3) is 5.56 Å². The van der Waals surface area contributed by atoms with Crippen molar-refractivity contribution in [3.63, 3.8) is 0 Å². The summed E-state index contributed by atoms with van der Waals surface area (Å²) in [6, 6.07) is 7.35. The number of nitrogens with one attached hydrogen (secondary N) is 1. The van der Waals surface area contributed by atoms with Crippen molar-refractivity contribution in [3.8, 4) is 0 Å². The van der Waals surface area contributed by atoms with E-state index in [2.05, 4.69) is 41.3 Å². The van der Waals surface area contributed by atoms with Crippen LogP contribution in [-0.4, -0.2) is 25.7 Å². The van der Waals surface area contributed by atoms with E-state index < -0.39 is 0 Å². The van der Waals surface area contributed by atoms with Crippen molar-refractivity contribution < 1.29 is 4.79 Å². The third kappa shape index (κ3) is 5.01. The van der Waals surface area contributed by atoms with E-state index in [4.69, 9.17) is 0 Å². The highest BCUT2D eigenvalue weighted by Crippen LogP contribution is 2.27. The number of aromatic nitrogens is 4. The number of amides is 1. The zero-order chi connectivity index (χ0) is 20.1. The number of nitrogens with zero attached hydrogens (tertiary/aromatic N) is 4. The van der Waals surface area contributed by atoms with Crippen molar-refractivity contribution in [2.75, 3.05) is 5.32 Å². The highest BCUT2D eigenvalue weighted by Gasteiger charge is 2.19. The molecule has 7 nitrogen and oxygen atoms in total. The summed E-state index contributed by atoms with van der Waals surface area (Å²) in [5.74, 6) is -0.0545. The number of hydrogen-bond acceptors (Lipinski definition) is 6. The molecule has 1 aromatic carbocycles. The minimum atomic E-state index is -0.0731. The van der Waals surface area contributed by atoms with Gasteiger partial charge < -0.3 is 5.32 Å². The zero-order valence-corrected chi connectivity index (χ0v) is 17.3. The van der Waals surface area contributed by atoms with Crippen LogP contribution in [0.25, 0.3) is 10.9 Å². The maximum atomic E-state index is 12.4. The molecule has 0 saturated carbocycles. The molecule has 0 aliphatic heterocycles. The van der Waals surface area contributed by atoms with Gasteiger partial charge in [-0.25, -0.2) is 4.98 Å². The molecular weight excluding hydrogens is 374 g/mol. The first-order chi connectivity index (χ1) is 13.3. The van der Waals surface area contributed by atoms with Crippen LogP contribution in [0.1, 0.15) is 51.5 Å². The summed E-state index contributed by atoms with van der Waals surface area (Å²) in [5.41, 5.74) is 0.622. The molecule has 0 bridgehead atoms. The Hall–Kier alpha value is -2.61. The minimum absolute atomic E-state index is 0.0192. The second-order valence-electron chi connectivity index (χ2n) is 7.78. The minimum Gasteiger partial charge on any atom is -0.301 e. The van der Waals surface area contributed by atoms with Crippen LogP contribution in [0.15, 0.2) is 35.4 Å². The van der Waals surface area contributed by atoms with Gasteiger partial charge in [0.1, 0.15) is 5.01 Å². The predicted octanol–water partition coefficient (Wildman–Crippen LogP) is 3.74. The van der Waals surface area contributed by atoms with E-state index in [1.807, 2.05) is 18.2 Å². The van der Waals surface area contributed by atoms with Crippen LogP contribution in [0, 0.1) is 0 Å². The molecule has 1 N–H and O–H groups in total. The van der Waals surface area contributed by atoms with Gasteiger partial charge in [0, 0.05) is 18.4 Å². The van der Waals surface area contributed by atoms with E-state index in [9.17, 15) is 9.59 Å². The van der Waals surface area contributed by atoms with E-state index in [0.717, 1.165) is 24.3 Å². The van der Waals surface area contributed by atoms with Crippen LogP contribution in [-0.2, 0) is 16.8 Å². The van der Waals surface area contributed by atoms with Crippen LogP contribution in [0.5, 0.6) is 0 Å². The molecular formula is C20H25N5O2S. The van der Waals surface area contributed by atoms with Gasteiger partial charge in [0.15, 0.2) is 0 Å². The highest BCUT2D eigenvalue weighted by atomic mass is 32.1. The van der Waals surface area contributed by atoms with E-state index in [1.165, 1.54) is 11.3 Å². The lowest BCUT2D eigenvalue weighted by atomic mass is 9.98. The molecule has 3 rings (SSSR count). The normalized spacial score (nSPS) is 11.7. The third-order valence-corrected chi connectivity index (χ3v) is 5.61. The fraction of sp³-hybridized carbons (Fsp3) is 0.450. The molecule has 8 heteroatoms. The number of aryl methyl sites for hydroxylation is 1. The van der Waals surface area contributed by atoms with Crippen molar-refractivity contribution in [1.29, 1.82) is 0 Å². The number of fused-ring (bicyclic) bond motifs is 1. The highest BCUT2D eigenvalue weighted by molar-refractivity contribution is 7.15. The van der Waals surface area contributed by atoms with E-state index >= 15 is 0 Å². The SMILES string of the molecule is CC(C)(C)c1nnc(NC(=O)CCCCCn2cnc3ccccc3c2=O)s1. The molecule has 0 radical (unpaired) electrons. The second-order valence-corrected chi connectivity index (χ2v) is 8.76. The predicted molar refractivity (Wildman–Crippen MR) is 112 cm³/mol. The summed E-state index contributed by atoms with van der Waals surface area (Å²) in [6.07, 6.45) is 4.46. The number of hydrogen-bond donors (Lipinski definition) is 1. The molecule has 3 aromatic rings. The van der Waals surface area contributed by atoms with Gasteiger partial charge in [-0.3, -0.25) is 14.2 Å². The Bertz CT molecular complexity index is 1020. The van der Waals surface area contributed by atoms with Crippen molar-refractivity contribution in [2.45, 2.75) is 58.4 Å². The lowest BCUT2D eigenvalue weighted by molar-refractivity contribution is -0.116.